The number of aliphatic hydroxyl groups is 1. The Bertz CT molecular complexity index is 729. The van der Waals surface area contributed by atoms with Gasteiger partial charge in [-0.15, -0.1) is 24.5 Å². The molecule has 0 saturated carbocycles. The number of hydrogen-bond acceptors (Lipinski definition) is 10. The third kappa shape index (κ3) is 12.8. The molecule has 0 aliphatic carbocycles. The van der Waals surface area contributed by atoms with Crippen LogP contribution in [0, 0.1) is 6.92 Å². The second-order valence-electron chi connectivity index (χ2n) is 6.17. The van der Waals surface area contributed by atoms with Crippen molar-refractivity contribution in [2.24, 2.45) is 0 Å². The molecule has 0 aromatic carbocycles. The minimum absolute atomic E-state index is 0.0585. The van der Waals surface area contributed by atoms with Crippen LogP contribution < -0.4 is 16.0 Å². The molecule has 3 heterocycles. The number of nitrogens with zero attached hydrogens (tertiary/aromatic N) is 3. The van der Waals surface area contributed by atoms with Crippen LogP contribution in [-0.2, 0) is 9.53 Å². The van der Waals surface area contributed by atoms with Crippen molar-refractivity contribution in [1.29, 1.82) is 0 Å². The fourth-order valence-corrected chi connectivity index (χ4v) is 3.42. The van der Waals surface area contributed by atoms with E-state index in [0.29, 0.717) is 18.3 Å². The molecule has 2 aromatic rings. The summed E-state index contributed by atoms with van der Waals surface area (Å²) in [6, 6.07) is 2.04. The number of likely N-dealkylation sites (N-methyl/N-ethyl adjacent to an activating group) is 1. The van der Waals surface area contributed by atoms with Crippen molar-refractivity contribution in [2.75, 3.05) is 70.2 Å². The normalized spacial score (nSPS) is 12.8. The Labute approximate surface area is 203 Å². The van der Waals surface area contributed by atoms with Crippen molar-refractivity contribution >= 4 is 51.5 Å². The fraction of sp³-hybridized carbons (Fsp3) is 0.476. The topological polar surface area (TPSA) is 112 Å². The van der Waals surface area contributed by atoms with Crippen LogP contribution in [0.5, 0.6) is 0 Å². The van der Waals surface area contributed by atoms with Gasteiger partial charge in [-0.1, -0.05) is 0 Å². The highest BCUT2D eigenvalue weighted by molar-refractivity contribution is 9.10. The van der Waals surface area contributed by atoms with Crippen molar-refractivity contribution in [2.45, 2.75) is 6.92 Å². The third-order valence-corrected chi connectivity index (χ3v) is 5.36. The summed E-state index contributed by atoms with van der Waals surface area (Å²) in [5, 5.41) is 20.1. The molecule has 1 saturated heterocycles. The van der Waals surface area contributed by atoms with Gasteiger partial charge in [-0.2, -0.15) is 4.98 Å². The summed E-state index contributed by atoms with van der Waals surface area (Å²) in [6.45, 7) is 16.8. The molecular formula is C21H35BrN6O3S. The first-order valence-corrected chi connectivity index (χ1v) is 11.7. The number of hydrogen-bond donors (Lipinski definition) is 4. The molecule has 1 aliphatic heterocycles. The molecule has 0 bridgehead atoms. The summed E-state index contributed by atoms with van der Waals surface area (Å²) >= 11 is 5.02. The number of carbonyl (C=O) groups excluding carboxylic acids is 1. The lowest BCUT2D eigenvalue weighted by Gasteiger charge is -2.26. The highest BCUT2D eigenvalue weighted by atomic mass is 79.9. The van der Waals surface area contributed by atoms with Gasteiger partial charge in [-0.25, -0.2) is 4.98 Å². The van der Waals surface area contributed by atoms with Gasteiger partial charge in [0.15, 0.2) is 0 Å². The number of carbonyl (C=O) groups is 1. The average Bonchev–Trinajstić information content (AvgIpc) is 3.26. The van der Waals surface area contributed by atoms with Crippen LogP contribution >= 0.6 is 27.3 Å². The van der Waals surface area contributed by atoms with Gasteiger partial charge >= 0.3 is 0 Å². The van der Waals surface area contributed by atoms with Crippen LogP contribution in [0.25, 0.3) is 0 Å². The van der Waals surface area contributed by atoms with Crippen LogP contribution in [0.3, 0.4) is 0 Å². The summed E-state index contributed by atoms with van der Waals surface area (Å²) in [4.78, 5) is 20.2. The molecule has 1 aliphatic rings. The van der Waals surface area contributed by atoms with Gasteiger partial charge in [0, 0.05) is 49.2 Å². The first kappa shape index (κ1) is 30.1. The van der Waals surface area contributed by atoms with Crippen LogP contribution in [0.1, 0.15) is 4.88 Å². The molecule has 180 valence electrons. The number of ether oxygens (including phenoxy) is 1. The molecule has 0 amide bonds. The lowest BCUT2D eigenvalue weighted by molar-refractivity contribution is -0.0979. The summed E-state index contributed by atoms with van der Waals surface area (Å²) in [5.41, 5.74) is 0.980. The number of aryl methyl sites for hydroxylation is 1. The zero-order valence-corrected chi connectivity index (χ0v) is 21.3. The van der Waals surface area contributed by atoms with Gasteiger partial charge < -0.3 is 30.6 Å². The predicted molar refractivity (Wildman–Crippen MR) is 137 cm³/mol. The smallest absolute Gasteiger partial charge is 0.229 e. The van der Waals surface area contributed by atoms with E-state index >= 15 is 0 Å². The number of aromatic nitrogens is 2. The van der Waals surface area contributed by atoms with Crippen molar-refractivity contribution in [3.63, 3.8) is 0 Å². The van der Waals surface area contributed by atoms with Crippen LogP contribution in [0.2, 0.25) is 0 Å². The zero-order valence-electron chi connectivity index (χ0n) is 18.9. The number of halogens is 1. The monoisotopic (exact) mass is 530 g/mol. The van der Waals surface area contributed by atoms with Crippen molar-refractivity contribution in [3.05, 3.63) is 40.2 Å². The quantitative estimate of drug-likeness (QED) is 0.382. The Morgan fingerprint density at radius 1 is 1.28 bits per heavy atom. The number of morpholine rings is 1. The van der Waals surface area contributed by atoms with Gasteiger partial charge in [0.2, 0.25) is 5.95 Å². The lowest BCUT2D eigenvalue weighted by Crippen LogP contribution is -2.39. The van der Waals surface area contributed by atoms with Gasteiger partial charge in [0.25, 0.3) is 0 Å². The highest BCUT2D eigenvalue weighted by Crippen LogP contribution is 2.24. The summed E-state index contributed by atoms with van der Waals surface area (Å²) in [5.74, 6) is 1.19. The maximum absolute atomic E-state index is 8.79. The molecule has 0 atom stereocenters. The molecular weight excluding hydrogens is 496 g/mol. The van der Waals surface area contributed by atoms with Gasteiger partial charge in [0.1, 0.15) is 12.6 Å². The third-order valence-electron chi connectivity index (χ3n) is 3.92. The molecule has 3 rings (SSSR count). The highest BCUT2D eigenvalue weighted by Gasteiger charge is 2.08. The maximum atomic E-state index is 8.79. The number of aliphatic hydroxyl groups excluding tert-OH is 1. The zero-order chi connectivity index (χ0) is 24.2. The predicted octanol–water partition coefficient (Wildman–Crippen LogP) is 2.91. The minimum atomic E-state index is 0.0585. The van der Waals surface area contributed by atoms with E-state index < -0.39 is 0 Å². The SMILES string of the molecule is C=C.C=O.CNCCN1CCOCC1.Cc1cc(Nc2ncc(Br)c(NCCO)n2)cs1. The van der Waals surface area contributed by atoms with Gasteiger partial charge in [-0.05, 0) is 36.0 Å². The van der Waals surface area contributed by atoms with Crippen LogP contribution in [0.15, 0.2) is 35.3 Å². The number of anilines is 3. The molecule has 0 unspecified atom stereocenters. The Morgan fingerprint density at radius 2 is 1.97 bits per heavy atom. The average molecular weight is 532 g/mol. The molecule has 11 heteroatoms. The van der Waals surface area contributed by atoms with Gasteiger partial charge in [-0.3, -0.25) is 4.90 Å². The molecule has 0 spiro atoms. The Morgan fingerprint density at radius 3 is 2.53 bits per heavy atom. The van der Waals surface area contributed by atoms with E-state index in [9.17, 15) is 0 Å². The van der Waals surface area contributed by atoms with Crippen LogP contribution in [0.4, 0.5) is 17.5 Å². The first-order valence-electron chi connectivity index (χ1n) is 10.1. The Balaban J connectivity index is 0.000000582. The first-order chi connectivity index (χ1) is 15.6. The summed E-state index contributed by atoms with van der Waals surface area (Å²) in [6.07, 6.45) is 1.67. The second kappa shape index (κ2) is 19.8. The second-order valence-corrected chi connectivity index (χ2v) is 8.14. The maximum Gasteiger partial charge on any atom is 0.229 e. The molecule has 4 N–H and O–H groups in total. The number of nitrogens with one attached hydrogen (secondary N) is 3. The lowest BCUT2D eigenvalue weighted by atomic mass is 10.4. The van der Waals surface area contributed by atoms with E-state index in [0.717, 1.165) is 49.6 Å². The standard InChI is InChI=1S/C11H13BrN4OS.C7H16N2O.C2H4.CH2O/c1-7-4-8(6-18-7)15-11-14-5-9(12)10(16-11)13-2-3-17;1-8-2-3-9-4-6-10-7-5-9;2*1-2/h4-6,17H,2-3H2,1H3,(H2,13,14,15,16);8H,2-7H2,1H3;1-2H2;1H2. The van der Waals surface area contributed by atoms with E-state index in [1.165, 1.54) is 4.88 Å². The molecule has 32 heavy (non-hydrogen) atoms. The Kier molecular flexibility index (Phi) is 18.6. The number of rotatable bonds is 8. The van der Waals surface area contributed by atoms with Crippen LogP contribution in [-0.4, -0.2) is 86.4 Å². The van der Waals surface area contributed by atoms with Crippen molar-refractivity contribution < 1.29 is 14.6 Å². The molecule has 9 nitrogen and oxygen atoms in total. The van der Waals surface area contributed by atoms with Crippen molar-refractivity contribution in [1.82, 2.24) is 20.2 Å². The van der Waals surface area contributed by atoms with E-state index in [1.807, 2.05) is 32.2 Å². The van der Waals surface area contributed by atoms with Gasteiger partial charge in [0.05, 0.1) is 30.0 Å². The molecule has 1 fully saturated rings. The van der Waals surface area contributed by atoms with E-state index in [1.54, 1.807) is 17.5 Å². The van der Waals surface area contributed by atoms with Crippen molar-refractivity contribution in [3.8, 4) is 0 Å². The minimum Gasteiger partial charge on any atom is -0.395 e. The fourth-order valence-electron chi connectivity index (χ4n) is 2.46. The van der Waals surface area contributed by atoms with E-state index in [-0.39, 0.29) is 6.61 Å². The van der Waals surface area contributed by atoms with E-state index in [2.05, 4.69) is 59.9 Å². The Hall–Kier alpha value is -1.89. The molecule has 2 aromatic heterocycles. The summed E-state index contributed by atoms with van der Waals surface area (Å²) in [7, 11) is 1.99. The number of thiophene rings is 1. The largest absolute Gasteiger partial charge is 0.395 e. The van der Waals surface area contributed by atoms with E-state index in [4.69, 9.17) is 14.6 Å². The molecule has 0 radical (unpaired) electrons. The summed E-state index contributed by atoms with van der Waals surface area (Å²) < 4.78 is 5.98.